The summed E-state index contributed by atoms with van der Waals surface area (Å²) in [5.41, 5.74) is 8.11. The number of carbonyl (C=O) groups excluding carboxylic acids is 1. The number of ether oxygens (including phenoxy) is 1. The lowest BCUT2D eigenvalue weighted by atomic mass is 9.76. The van der Waals surface area contributed by atoms with Crippen LogP contribution in [0.3, 0.4) is 0 Å². The van der Waals surface area contributed by atoms with Crippen LogP contribution in [0.5, 0.6) is 5.75 Å². The van der Waals surface area contributed by atoms with Gasteiger partial charge >= 0.3 is 0 Å². The van der Waals surface area contributed by atoms with Gasteiger partial charge in [-0.3, -0.25) is 19.8 Å². The van der Waals surface area contributed by atoms with Crippen LogP contribution < -0.4 is 10.5 Å². The van der Waals surface area contributed by atoms with Gasteiger partial charge in [-0.1, -0.05) is 38.4 Å². The molecule has 0 saturated carbocycles. The number of pyridine rings is 2. The molecule has 0 radical (unpaired) electrons. The van der Waals surface area contributed by atoms with Crippen LogP contribution in [0.25, 0.3) is 11.1 Å². The van der Waals surface area contributed by atoms with Crippen LogP contribution in [0.2, 0.25) is 5.02 Å². The number of rotatable bonds is 7. The highest BCUT2D eigenvalue weighted by atomic mass is 35.5. The molecule has 35 heavy (non-hydrogen) atoms. The van der Waals surface area contributed by atoms with Crippen LogP contribution >= 0.6 is 11.6 Å². The third kappa shape index (κ3) is 5.20. The minimum atomic E-state index is -1.22. The second-order valence-corrected chi connectivity index (χ2v) is 9.48. The van der Waals surface area contributed by atoms with Gasteiger partial charge in [0.15, 0.2) is 11.3 Å². The zero-order chi connectivity index (χ0) is 25.2. The van der Waals surface area contributed by atoms with Gasteiger partial charge in [-0.25, -0.2) is 4.39 Å². The molecule has 182 valence electrons. The summed E-state index contributed by atoms with van der Waals surface area (Å²) in [7, 11) is 0. The number of benzene rings is 1. The molecular weight excluding hydrogens is 467 g/mol. The molecule has 0 spiro atoms. The Hall–Kier alpha value is -3.32. The van der Waals surface area contributed by atoms with Crippen molar-refractivity contribution in [2.45, 2.75) is 51.7 Å². The average molecular weight is 495 g/mol. The molecule has 0 fully saturated rings. The van der Waals surface area contributed by atoms with E-state index in [4.69, 9.17) is 27.1 Å². The lowest BCUT2D eigenvalue weighted by Gasteiger charge is -2.39. The fraction of sp³-hybridized carbons (Fsp3) is 0.333. The fourth-order valence-electron chi connectivity index (χ4n) is 4.31. The zero-order valence-electron chi connectivity index (χ0n) is 20.0. The summed E-state index contributed by atoms with van der Waals surface area (Å²) in [6.45, 7) is 5.70. The molecule has 1 aliphatic rings. The van der Waals surface area contributed by atoms with Gasteiger partial charge in [0.05, 0.1) is 17.1 Å². The second kappa shape index (κ2) is 10.1. The first-order chi connectivity index (χ1) is 16.7. The van der Waals surface area contributed by atoms with Gasteiger partial charge in [-0.05, 0) is 35.9 Å². The Balaban J connectivity index is 1.86. The number of ketones is 1. The molecule has 2 atom stereocenters. The second-order valence-electron chi connectivity index (χ2n) is 9.05. The van der Waals surface area contributed by atoms with E-state index < -0.39 is 17.5 Å². The number of nitrogens with two attached hydrogens (primary N) is 1. The Labute approximate surface area is 209 Å². The molecule has 3 aromatic rings. The summed E-state index contributed by atoms with van der Waals surface area (Å²) in [6, 6.07) is 10.5. The van der Waals surface area contributed by atoms with E-state index in [0.29, 0.717) is 34.3 Å². The molecule has 2 unspecified atom stereocenters. The summed E-state index contributed by atoms with van der Waals surface area (Å²) >= 11 is 6.17. The first-order valence-corrected chi connectivity index (χ1v) is 12.0. The number of amidine groups is 1. The van der Waals surface area contributed by atoms with Gasteiger partial charge in [0.2, 0.25) is 0 Å². The van der Waals surface area contributed by atoms with Crippen LogP contribution in [0.1, 0.15) is 44.9 Å². The number of halogens is 2. The maximum atomic E-state index is 13.6. The van der Waals surface area contributed by atoms with Crippen molar-refractivity contribution in [1.82, 2.24) is 9.97 Å². The highest BCUT2D eigenvalue weighted by molar-refractivity contribution is 6.30. The smallest absolute Gasteiger partial charge is 0.164 e. The third-order valence-corrected chi connectivity index (χ3v) is 6.41. The molecule has 0 saturated heterocycles. The molecule has 3 heterocycles. The van der Waals surface area contributed by atoms with E-state index in [1.807, 2.05) is 45.0 Å². The lowest BCUT2D eigenvalue weighted by Crippen LogP contribution is -2.45. The Morgan fingerprint density at radius 3 is 2.69 bits per heavy atom. The number of aliphatic imine (C=N–C) groups is 1. The van der Waals surface area contributed by atoms with Gasteiger partial charge in [-0.2, -0.15) is 0 Å². The van der Waals surface area contributed by atoms with Crippen LogP contribution in [0, 0.1) is 11.7 Å². The first kappa shape index (κ1) is 24.8. The van der Waals surface area contributed by atoms with Gasteiger partial charge in [0.25, 0.3) is 0 Å². The molecule has 2 N–H and O–H groups in total. The third-order valence-electron chi connectivity index (χ3n) is 6.20. The van der Waals surface area contributed by atoms with Gasteiger partial charge in [-0.15, -0.1) is 0 Å². The van der Waals surface area contributed by atoms with Crippen molar-refractivity contribution >= 4 is 23.2 Å². The molecule has 6 nitrogen and oxygen atoms in total. The topological polar surface area (TPSA) is 90.5 Å². The van der Waals surface area contributed by atoms with Gasteiger partial charge < -0.3 is 10.5 Å². The van der Waals surface area contributed by atoms with Crippen LogP contribution in [-0.2, 0) is 16.8 Å². The summed E-state index contributed by atoms with van der Waals surface area (Å²) in [5, 5.41) is 0.515. The molecule has 4 rings (SSSR count). The molecular formula is C27H28ClFN4O2. The molecule has 1 aromatic carbocycles. The zero-order valence-corrected chi connectivity index (χ0v) is 20.7. The standard InChI is InChI=1S/C27H28ClFN4O2/c1-4-25(34)27(33-26(30)16(2)3)12-22(11-21-7-6-20(29)15-32-21)35-24-8-5-17(10-23(24)27)18-9-19(28)14-31-13-18/h5-10,13-16,22H,4,11-12H2,1-3H3,(H2,30,33). The van der Waals surface area contributed by atoms with E-state index in [1.165, 1.54) is 12.3 Å². The monoisotopic (exact) mass is 494 g/mol. The normalized spacial score (nSPS) is 19.8. The fourth-order valence-corrected chi connectivity index (χ4v) is 4.49. The molecule has 0 aliphatic carbocycles. The highest BCUT2D eigenvalue weighted by Gasteiger charge is 2.47. The quantitative estimate of drug-likeness (QED) is 0.345. The Morgan fingerprint density at radius 1 is 1.23 bits per heavy atom. The van der Waals surface area contributed by atoms with E-state index in [0.717, 1.165) is 11.1 Å². The van der Waals surface area contributed by atoms with E-state index >= 15 is 0 Å². The van der Waals surface area contributed by atoms with Crippen LogP contribution in [0.4, 0.5) is 4.39 Å². The van der Waals surface area contributed by atoms with E-state index in [9.17, 15) is 9.18 Å². The Kier molecular flexibility index (Phi) is 7.17. The average Bonchev–Trinajstić information content (AvgIpc) is 2.84. The molecule has 0 bridgehead atoms. The minimum Gasteiger partial charge on any atom is -0.490 e. The number of Topliss-reactive ketones (excluding diaryl/α,β-unsaturated/α-hetero) is 1. The Bertz CT molecular complexity index is 1260. The van der Waals surface area contributed by atoms with Crippen LogP contribution in [0.15, 0.2) is 60.0 Å². The number of aromatic nitrogens is 2. The van der Waals surface area contributed by atoms with Crippen molar-refractivity contribution < 1.29 is 13.9 Å². The minimum absolute atomic E-state index is 0.0413. The SMILES string of the molecule is CCC(=O)C1(N=C(N)C(C)C)CC(Cc2ccc(F)cn2)Oc2ccc(-c3cncc(Cl)c3)cc21. The number of hydrogen-bond donors (Lipinski definition) is 1. The molecule has 1 aliphatic heterocycles. The largest absolute Gasteiger partial charge is 0.490 e. The van der Waals surface area contributed by atoms with Gasteiger partial charge in [0.1, 0.15) is 17.7 Å². The van der Waals surface area contributed by atoms with E-state index in [2.05, 4.69) is 9.97 Å². The lowest BCUT2D eigenvalue weighted by molar-refractivity contribution is -0.126. The highest BCUT2D eigenvalue weighted by Crippen LogP contribution is 2.46. The van der Waals surface area contributed by atoms with Crippen LogP contribution in [-0.4, -0.2) is 27.7 Å². The maximum absolute atomic E-state index is 13.6. The molecule has 2 aromatic heterocycles. The molecule has 0 amide bonds. The van der Waals surface area contributed by atoms with Crippen molar-refractivity contribution in [1.29, 1.82) is 0 Å². The molecule has 8 heteroatoms. The van der Waals surface area contributed by atoms with E-state index in [1.54, 1.807) is 18.5 Å². The van der Waals surface area contributed by atoms with Crippen molar-refractivity contribution in [2.24, 2.45) is 16.6 Å². The number of hydrogen-bond acceptors (Lipinski definition) is 5. The maximum Gasteiger partial charge on any atom is 0.164 e. The summed E-state index contributed by atoms with van der Waals surface area (Å²) < 4.78 is 19.7. The van der Waals surface area contributed by atoms with Crippen molar-refractivity contribution in [3.05, 3.63) is 77.1 Å². The number of nitrogens with zero attached hydrogens (tertiary/aromatic N) is 3. The summed E-state index contributed by atoms with van der Waals surface area (Å²) in [6.07, 6.45) is 5.02. The number of fused-ring (bicyclic) bond motifs is 1. The van der Waals surface area contributed by atoms with E-state index in [-0.39, 0.29) is 24.5 Å². The first-order valence-electron chi connectivity index (χ1n) is 11.6. The summed E-state index contributed by atoms with van der Waals surface area (Å²) in [4.78, 5) is 26.9. The van der Waals surface area contributed by atoms with Crippen molar-refractivity contribution in [3.8, 4) is 16.9 Å². The Morgan fingerprint density at radius 2 is 2.03 bits per heavy atom. The predicted octanol–water partition coefficient (Wildman–Crippen LogP) is 5.52. The number of carbonyl (C=O) groups is 1. The van der Waals surface area contributed by atoms with Gasteiger partial charge in [0, 0.05) is 54.4 Å². The predicted molar refractivity (Wildman–Crippen MR) is 135 cm³/mol. The summed E-state index contributed by atoms with van der Waals surface area (Å²) in [5.74, 6) is 0.457. The van der Waals surface area contributed by atoms with Crippen molar-refractivity contribution in [3.63, 3.8) is 0 Å². The van der Waals surface area contributed by atoms with Crippen molar-refractivity contribution in [2.75, 3.05) is 0 Å².